The summed E-state index contributed by atoms with van der Waals surface area (Å²) < 4.78 is 20.2. The third-order valence-electron chi connectivity index (χ3n) is 2.99. The van der Waals surface area contributed by atoms with Gasteiger partial charge in [-0.3, -0.25) is 0 Å². The lowest BCUT2D eigenvalue weighted by atomic mass is 10.1. The minimum Gasteiger partial charge on any atom is -0.488 e. The van der Waals surface area contributed by atoms with Gasteiger partial charge in [-0.25, -0.2) is 4.39 Å². The molecule has 108 valence electrons. The maximum atomic E-state index is 13.7. The van der Waals surface area contributed by atoms with Gasteiger partial charge in [0.25, 0.3) is 0 Å². The Morgan fingerprint density at radius 2 is 2.05 bits per heavy atom. The average Bonchev–Trinajstić information content (AvgIpc) is 2.48. The second kappa shape index (κ2) is 7.21. The van der Waals surface area contributed by atoms with Gasteiger partial charge in [0.1, 0.15) is 18.2 Å². The van der Waals surface area contributed by atoms with Crippen molar-refractivity contribution in [1.29, 1.82) is 5.26 Å². The minimum atomic E-state index is -0.440. The van der Waals surface area contributed by atoms with Gasteiger partial charge in [-0.05, 0) is 58.7 Å². The number of rotatable bonds is 5. The molecular formula is C16H14BrFN2O. The van der Waals surface area contributed by atoms with E-state index in [-0.39, 0.29) is 6.61 Å². The molecule has 0 amide bonds. The SMILES string of the molecule is N#Cc1ccc(COc2ccc(CCN)cc2Br)c(F)c1. The Bertz CT molecular complexity index is 682. The first kappa shape index (κ1) is 15.5. The maximum Gasteiger partial charge on any atom is 0.134 e. The highest BCUT2D eigenvalue weighted by atomic mass is 79.9. The zero-order valence-corrected chi connectivity index (χ0v) is 12.9. The standard InChI is InChI=1S/C16H14BrFN2O/c17-14-7-11(5-6-19)2-4-16(14)21-10-13-3-1-12(9-20)8-15(13)18/h1-4,7-8H,5-6,10,19H2. The first-order valence-electron chi connectivity index (χ1n) is 6.44. The molecule has 2 aromatic carbocycles. The number of halogens is 2. The van der Waals surface area contributed by atoms with Gasteiger partial charge >= 0.3 is 0 Å². The number of hydrogen-bond donors (Lipinski definition) is 1. The number of nitrogens with zero attached hydrogens (tertiary/aromatic N) is 1. The van der Waals surface area contributed by atoms with Crippen LogP contribution in [0.3, 0.4) is 0 Å². The summed E-state index contributed by atoms with van der Waals surface area (Å²) in [5.74, 6) is 0.199. The molecule has 0 heterocycles. The smallest absolute Gasteiger partial charge is 0.134 e. The van der Waals surface area contributed by atoms with Crippen molar-refractivity contribution in [1.82, 2.24) is 0 Å². The predicted molar refractivity (Wildman–Crippen MR) is 82.3 cm³/mol. The van der Waals surface area contributed by atoms with E-state index >= 15 is 0 Å². The van der Waals surface area contributed by atoms with Crippen LogP contribution in [0, 0.1) is 17.1 Å². The molecule has 0 bridgehead atoms. The van der Waals surface area contributed by atoms with Gasteiger partial charge in [0.2, 0.25) is 0 Å². The van der Waals surface area contributed by atoms with Crippen molar-refractivity contribution in [3.05, 3.63) is 63.4 Å². The van der Waals surface area contributed by atoms with Gasteiger partial charge in [0.05, 0.1) is 16.1 Å². The predicted octanol–water partition coefficient (Wildman–Crippen LogP) is 3.54. The molecule has 0 aliphatic rings. The van der Waals surface area contributed by atoms with Crippen molar-refractivity contribution in [3.63, 3.8) is 0 Å². The van der Waals surface area contributed by atoms with Gasteiger partial charge in [-0.1, -0.05) is 12.1 Å². The molecule has 5 heteroatoms. The van der Waals surface area contributed by atoms with Crippen molar-refractivity contribution in [2.24, 2.45) is 5.73 Å². The fraction of sp³-hybridized carbons (Fsp3) is 0.188. The Hall–Kier alpha value is -1.90. The van der Waals surface area contributed by atoms with E-state index in [0.717, 1.165) is 16.5 Å². The zero-order valence-electron chi connectivity index (χ0n) is 11.3. The number of nitrogens with two attached hydrogens (primary N) is 1. The van der Waals surface area contributed by atoms with E-state index in [1.165, 1.54) is 6.07 Å². The van der Waals surface area contributed by atoms with Crippen LogP contribution in [0.5, 0.6) is 5.75 Å². The molecule has 3 nitrogen and oxygen atoms in total. The molecule has 0 atom stereocenters. The molecular weight excluding hydrogens is 335 g/mol. The van der Waals surface area contributed by atoms with E-state index in [0.29, 0.717) is 23.4 Å². The number of hydrogen-bond acceptors (Lipinski definition) is 3. The number of benzene rings is 2. The topological polar surface area (TPSA) is 59.0 Å². The van der Waals surface area contributed by atoms with Crippen LogP contribution in [-0.2, 0) is 13.0 Å². The van der Waals surface area contributed by atoms with Gasteiger partial charge in [0, 0.05) is 5.56 Å². The highest BCUT2D eigenvalue weighted by Gasteiger charge is 2.07. The van der Waals surface area contributed by atoms with Crippen LogP contribution >= 0.6 is 15.9 Å². The third kappa shape index (κ3) is 4.03. The Balaban J connectivity index is 2.08. The van der Waals surface area contributed by atoms with E-state index in [4.69, 9.17) is 15.7 Å². The second-order valence-corrected chi connectivity index (χ2v) is 5.36. The highest BCUT2D eigenvalue weighted by molar-refractivity contribution is 9.10. The van der Waals surface area contributed by atoms with Gasteiger partial charge in [-0.15, -0.1) is 0 Å². The van der Waals surface area contributed by atoms with Crippen LogP contribution in [0.2, 0.25) is 0 Å². The second-order valence-electron chi connectivity index (χ2n) is 4.51. The summed E-state index contributed by atoms with van der Waals surface area (Å²) in [6.45, 7) is 0.690. The molecule has 0 spiro atoms. The van der Waals surface area contributed by atoms with E-state index < -0.39 is 5.82 Å². The van der Waals surface area contributed by atoms with Crippen molar-refractivity contribution in [2.45, 2.75) is 13.0 Å². The van der Waals surface area contributed by atoms with Crippen molar-refractivity contribution in [3.8, 4) is 11.8 Å². The zero-order chi connectivity index (χ0) is 15.2. The van der Waals surface area contributed by atoms with E-state index in [1.807, 2.05) is 24.3 Å². The van der Waals surface area contributed by atoms with Gasteiger partial charge in [-0.2, -0.15) is 5.26 Å². The summed E-state index contributed by atoms with van der Waals surface area (Å²) >= 11 is 3.43. The average molecular weight is 349 g/mol. The normalized spacial score (nSPS) is 10.2. The van der Waals surface area contributed by atoms with Crippen LogP contribution in [0.4, 0.5) is 4.39 Å². The summed E-state index contributed by atoms with van der Waals surface area (Å²) in [5.41, 5.74) is 7.33. The van der Waals surface area contributed by atoms with Crippen molar-refractivity contribution < 1.29 is 9.13 Å². The molecule has 0 saturated heterocycles. The quantitative estimate of drug-likeness (QED) is 0.898. The monoisotopic (exact) mass is 348 g/mol. The lowest BCUT2D eigenvalue weighted by Gasteiger charge is -2.10. The van der Waals surface area contributed by atoms with Crippen LogP contribution in [0.15, 0.2) is 40.9 Å². The molecule has 21 heavy (non-hydrogen) atoms. The van der Waals surface area contributed by atoms with Crippen molar-refractivity contribution in [2.75, 3.05) is 6.54 Å². The molecule has 0 aromatic heterocycles. The molecule has 2 rings (SSSR count). The molecule has 2 aromatic rings. The fourth-order valence-corrected chi connectivity index (χ4v) is 2.41. The van der Waals surface area contributed by atoms with Gasteiger partial charge in [0.15, 0.2) is 0 Å². The minimum absolute atomic E-state index is 0.104. The first-order valence-corrected chi connectivity index (χ1v) is 7.23. The van der Waals surface area contributed by atoms with E-state index in [2.05, 4.69) is 15.9 Å². The molecule has 0 aliphatic heterocycles. The summed E-state index contributed by atoms with van der Waals surface area (Å²) in [7, 11) is 0. The van der Waals surface area contributed by atoms with Crippen LogP contribution in [-0.4, -0.2) is 6.54 Å². The molecule has 0 unspecified atom stereocenters. The fourth-order valence-electron chi connectivity index (χ4n) is 1.87. The largest absolute Gasteiger partial charge is 0.488 e. The summed E-state index contributed by atoms with van der Waals surface area (Å²) in [4.78, 5) is 0. The van der Waals surface area contributed by atoms with Crippen molar-refractivity contribution >= 4 is 15.9 Å². The lowest BCUT2D eigenvalue weighted by molar-refractivity contribution is 0.298. The molecule has 0 radical (unpaired) electrons. The molecule has 2 N–H and O–H groups in total. The molecule has 0 fully saturated rings. The van der Waals surface area contributed by atoms with Gasteiger partial charge < -0.3 is 10.5 Å². The Morgan fingerprint density at radius 1 is 1.24 bits per heavy atom. The third-order valence-corrected chi connectivity index (χ3v) is 3.61. The van der Waals surface area contributed by atoms with Crippen LogP contribution in [0.25, 0.3) is 0 Å². The highest BCUT2D eigenvalue weighted by Crippen LogP contribution is 2.27. The summed E-state index contributed by atoms with van der Waals surface area (Å²) in [6, 6.07) is 11.9. The number of nitriles is 1. The summed E-state index contributed by atoms with van der Waals surface area (Å²) in [6.07, 6.45) is 0.795. The first-order chi connectivity index (χ1) is 10.1. The number of ether oxygens (including phenoxy) is 1. The Morgan fingerprint density at radius 3 is 2.67 bits per heavy atom. The molecule has 0 saturated carbocycles. The Labute approximate surface area is 131 Å². The van der Waals surface area contributed by atoms with Crippen LogP contribution < -0.4 is 10.5 Å². The van der Waals surface area contributed by atoms with Crippen LogP contribution in [0.1, 0.15) is 16.7 Å². The summed E-state index contributed by atoms with van der Waals surface area (Å²) in [5, 5.41) is 8.70. The van der Waals surface area contributed by atoms with E-state index in [1.54, 1.807) is 12.1 Å². The molecule has 0 aliphatic carbocycles. The Kier molecular flexibility index (Phi) is 5.32. The lowest BCUT2D eigenvalue weighted by Crippen LogP contribution is -2.03. The van der Waals surface area contributed by atoms with E-state index in [9.17, 15) is 4.39 Å². The maximum absolute atomic E-state index is 13.7.